The molecule has 22 heavy (non-hydrogen) atoms. The van der Waals surface area contributed by atoms with Crippen LogP contribution in [-0.2, 0) is 6.42 Å². The Hall–Kier alpha value is -1.26. The van der Waals surface area contributed by atoms with E-state index < -0.39 is 0 Å². The average molecular weight is 305 g/mol. The second-order valence-electron chi connectivity index (χ2n) is 7.18. The molecule has 4 heteroatoms. The molecule has 2 N–H and O–H groups in total. The molecule has 1 saturated heterocycles. The molecule has 1 fully saturated rings. The molecule has 122 valence electrons. The summed E-state index contributed by atoms with van der Waals surface area (Å²) in [4.78, 5) is 2.48. The van der Waals surface area contributed by atoms with Crippen molar-refractivity contribution in [3.63, 3.8) is 0 Å². The fraction of sp³-hybridized carbons (Fsp3) is 0.667. The molecule has 0 amide bonds. The highest BCUT2D eigenvalue weighted by Gasteiger charge is 2.38. The first kappa shape index (κ1) is 15.6. The largest absolute Gasteiger partial charge is 0.504 e. The highest BCUT2D eigenvalue weighted by atomic mass is 16.5. The Bertz CT molecular complexity index is 543. The van der Waals surface area contributed by atoms with Crippen LogP contribution in [0.15, 0.2) is 12.1 Å². The Kier molecular flexibility index (Phi) is 4.33. The number of nitrogens with zero attached hydrogens (tertiary/aromatic N) is 1. The highest BCUT2D eigenvalue weighted by molar-refractivity contribution is 5.48. The third-order valence-corrected chi connectivity index (χ3v) is 5.16. The van der Waals surface area contributed by atoms with Gasteiger partial charge in [0.2, 0.25) is 0 Å². The monoisotopic (exact) mass is 305 g/mol. The second-order valence-corrected chi connectivity index (χ2v) is 7.18. The van der Waals surface area contributed by atoms with Gasteiger partial charge in [0.1, 0.15) is 0 Å². The molecular formula is C18H27NO3. The Morgan fingerprint density at radius 2 is 2.14 bits per heavy atom. The molecule has 3 atom stereocenters. The smallest absolute Gasteiger partial charge is 0.160 e. The van der Waals surface area contributed by atoms with E-state index in [4.69, 9.17) is 4.74 Å². The second kappa shape index (κ2) is 6.09. The van der Waals surface area contributed by atoms with Gasteiger partial charge in [-0.2, -0.15) is 0 Å². The molecule has 0 unspecified atom stereocenters. The molecule has 1 aromatic carbocycles. The zero-order valence-electron chi connectivity index (χ0n) is 13.7. The van der Waals surface area contributed by atoms with Crippen molar-refractivity contribution in [2.24, 2.45) is 11.8 Å². The van der Waals surface area contributed by atoms with Crippen molar-refractivity contribution in [2.45, 2.75) is 45.3 Å². The third kappa shape index (κ3) is 2.82. The molecule has 0 bridgehead atoms. The zero-order valence-corrected chi connectivity index (χ0v) is 13.7. The lowest BCUT2D eigenvalue weighted by molar-refractivity contribution is -0.0191. The molecule has 0 radical (unpaired) electrons. The minimum absolute atomic E-state index is 0.196. The maximum absolute atomic E-state index is 10.5. The minimum atomic E-state index is -0.251. The Morgan fingerprint density at radius 1 is 1.36 bits per heavy atom. The first-order valence-electron chi connectivity index (χ1n) is 8.31. The van der Waals surface area contributed by atoms with Gasteiger partial charge in [0.05, 0.1) is 13.2 Å². The summed E-state index contributed by atoms with van der Waals surface area (Å²) in [5, 5.41) is 20.6. The number of hydrogen-bond acceptors (Lipinski definition) is 4. The summed E-state index contributed by atoms with van der Waals surface area (Å²) in [7, 11) is 1.58. The maximum Gasteiger partial charge on any atom is 0.160 e. The van der Waals surface area contributed by atoms with Crippen LogP contribution in [0.4, 0.5) is 0 Å². The van der Waals surface area contributed by atoms with Gasteiger partial charge in [-0.25, -0.2) is 0 Å². The molecule has 0 spiro atoms. The van der Waals surface area contributed by atoms with Crippen LogP contribution in [0, 0.1) is 11.8 Å². The van der Waals surface area contributed by atoms with E-state index in [-0.39, 0.29) is 17.9 Å². The van der Waals surface area contributed by atoms with E-state index in [9.17, 15) is 10.2 Å². The molecule has 2 heterocycles. The van der Waals surface area contributed by atoms with Gasteiger partial charge >= 0.3 is 0 Å². The van der Waals surface area contributed by atoms with Crippen LogP contribution in [0.25, 0.3) is 0 Å². The van der Waals surface area contributed by atoms with Crippen LogP contribution in [0.2, 0.25) is 0 Å². The zero-order chi connectivity index (χ0) is 15.9. The number of fused-ring (bicyclic) bond motifs is 3. The number of benzene rings is 1. The van der Waals surface area contributed by atoms with Gasteiger partial charge < -0.3 is 14.9 Å². The van der Waals surface area contributed by atoms with Crippen LogP contribution in [-0.4, -0.2) is 41.4 Å². The van der Waals surface area contributed by atoms with Crippen molar-refractivity contribution >= 4 is 0 Å². The van der Waals surface area contributed by atoms with E-state index in [0.29, 0.717) is 17.6 Å². The molecule has 0 aromatic heterocycles. The molecule has 0 aliphatic carbocycles. The summed E-state index contributed by atoms with van der Waals surface area (Å²) in [6, 6.07) is 4.01. The van der Waals surface area contributed by atoms with Gasteiger partial charge in [-0.15, -0.1) is 0 Å². The van der Waals surface area contributed by atoms with Gasteiger partial charge in [0.25, 0.3) is 0 Å². The number of ether oxygens (including phenoxy) is 1. The standard InChI is InChI=1S/C18H27NO3/c1-11(2)6-13-10-19-5-4-12-7-18(22-3)17(21)8-14(12)15(19)9-16(13)20/h7-8,11,13,15-16,20-21H,4-6,9-10H2,1-3H3/t13-,15+,16+/m1/s1. The molecule has 4 nitrogen and oxygen atoms in total. The third-order valence-electron chi connectivity index (χ3n) is 5.16. The van der Waals surface area contributed by atoms with Crippen molar-refractivity contribution < 1.29 is 14.9 Å². The number of aromatic hydroxyl groups is 1. The number of aliphatic hydroxyl groups excluding tert-OH is 1. The fourth-order valence-corrected chi connectivity index (χ4v) is 4.11. The number of hydrogen-bond donors (Lipinski definition) is 2. The molecule has 3 rings (SSSR count). The summed E-state index contributed by atoms with van der Waals surface area (Å²) in [6.45, 7) is 6.41. The summed E-state index contributed by atoms with van der Waals surface area (Å²) < 4.78 is 5.22. The average Bonchev–Trinajstić information content (AvgIpc) is 2.47. The lowest BCUT2D eigenvalue weighted by Crippen LogP contribution is -2.48. The van der Waals surface area contributed by atoms with Crippen molar-refractivity contribution in [1.29, 1.82) is 0 Å². The SMILES string of the molecule is COc1cc2c(cc1O)[C@@H]1C[C@H](O)[C@H](CC(C)C)CN1CC2. The van der Waals surface area contributed by atoms with E-state index in [0.717, 1.165) is 37.9 Å². The molecular weight excluding hydrogens is 278 g/mol. The Balaban J connectivity index is 1.85. The lowest BCUT2D eigenvalue weighted by Gasteiger charge is -2.46. The lowest BCUT2D eigenvalue weighted by atomic mass is 9.79. The van der Waals surface area contributed by atoms with Gasteiger partial charge in [-0.05, 0) is 54.4 Å². The highest BCUT2D eigenvalue weighted by Crippen LogP contribution is 2.43. The molecule has 2 aliphatic rings. The summed E-state index contributed by atoms with van der Waals surface area (Å²) >= 11 is 0. The Labute approximate surface area is 132 Å². The van der Waals surface area contributed by atoms with Crippen molar-refractivity contribution in [3.05, 3.63) is 23.3 Å². The summed E-state index contributed by atoms with van der Waals surface area (Å²) in [5.74, 6) is 1.72. The van der Waals surface area contributed by atoms with E-state index in [1.807, 2.05) is 12.1 Å². The summed E-state index contributed by atoms with van der Waals surface area (Å²) in [6.07, 6.45) is 2.56. The van der Waals surface area contributed by atoms with Gasteiger partial charge in [-0.1, -0.05) is 13.8 Å². The van der Waals surface area contributed by atoms with E-state index in [1.54, 1.807) is 7.11 Å². The van der Waals surface area contributed by atoms with Crippen LogP contribution in [0.5, 0.6) is 11.5 Å². The predicted molar refractivity (Wildman–Crippen MR) is 86.2 cm³/mol. The number of aliphatic hydroxyl groups is 1. The van der Waals surface area contributed by atoms with Crippen LogP contribution < -0.4 is 4.74 Å². The van der Waals surface area contributed by atoms with Crippen LogP contribution in [0.1, 0.15) is 43.9 Å². The number of phenolic OH excluding ortho intramolecular Hbond substituents is 1. The fourth-order valence-electron chi connectivity index (χ4n) is 4.11. The number of piperidine rings is 1. The van der Waals surface area contributed by atoms with Crippen molar-refractivity contribution in [2.75, 3.05) is 20.2 Å². The molecule has 0 saturated carbocycles. The summed E-state index contributed by atoms with van der Waals surface area (Å²) in [5.41, 5.74) is 2.40. The van der Waals surface area contributed by atoms with Crippen LogP contribution in [0.3, 0.4) is 0 Å². The van der Waals surface area contributed by atoms with Crippen molar-refractivity contribution in [3.8, 4) is 11.5 Å². The maximum atomic E-state index is 10.5. The van der Waals surface area contributed by atoms with Gasteiger partial charge in [-0.3, -0.25) is 4.90 Å². The number of methoxy groups -OCH3 is 1. The quantitative estimate of drug-likeness (QED) is 0.901. The van der Waals surface area contributed by atoms with Gasteiger partial charge in [0, 0.05) is 19.1 Å². The number of phenols is 1. The first-order valence-corrected chi connectivity index (χ1v) is 8.31. The van der Waals surface area contributed by atoms with Crippen LogP contribution >= 0.6 is 0 Å². The van der Waals surface area contributed by atoms with E-state index in [1.165, 1.54) is 5.56 Å². The Morgan fingerprint density at radius 3 is 2.82 bits per heavy atom. The predicted octanol–water partition coefficient (Wildman–Crippen LogP) is 2.73. The molecule has 2 aliphatic heterocycles. The first-order chi connectivity index (χ1) is 10.5. The van der Waals surface area contributed by atoms with E-state index in [2.05, 4.69) is 18.7 Å². The van der Waals surface area contributed by atoms with E-state index >= 15 is 0 Å². The molecule has 1 aromatic rings. The normalized spacial score (nSPS) is 28.3. The number of rotatable bonds is 3. The topological polar surface area (TPSA) is 52.9 Å². The minimum Gasteiger partial charge on any atom is -0.504 e. The van der Waals surface area contributed by atoms with Gasteiger partial charge in [0.15, 0.2) is 11.5 Å². The van der Waals surface area contributed by atoms with Crippen molar-refractivity contribution in [1.82, 2.24) is 4.90 Å².